The summed E-state index contributed by atoms with van der Waals surface area (Å²) in [5, 5.41) is 2.64. The lowest BCUT2D eigenvalue weighted by Gasteiger charge is -2.10. The summed E-state index contributed by atoms with van der Waals surface area (Å²) in [6.07, 6.45) is 1.51. The van der Waals surface area contributed by atoms with Crippen LogP contribution >= 0.6 is 0 Å². The minimum atomic E-state index is -0.398. The van der Waals surface area contributed by atoms with E-state index in [0.717, 1.165) is 5.56 Å². The van der Waals surface area contributed by atoms with E-state index in [1.165, 1.54) is 29.0 Å². The van der Waals surface area contributed by atoms with Gasteiger partial charge in [0.2, 0.25) is 0 Å². The van der Waals surface area contributed by atoms with E-state index in [1.54, 1.807) is 19.1 Å². The number of aryl methyl sites for hydroxylation is 1. The van der Waals surface area contributed by atoms with E-state index in [-0.39, 0.29) is 11.4 Å². The molecular formula is C20H17FN2O2. The first-order chi connectivity index (χ1) is 12.0. The summed E-state index contributed by atoms with van der Waals surface area (Å²) in [6.45, 7) is 2.03. The van der Waals surface area contributed by atoms with Gasteiger partial charge in [-0.1, -0.05) is 36.4 Å². The van der Waals surface area contributed by atoms with Gasteiger partial charge in [0, 0.05) is 18.0 Å². The monoisotopic (exact) mass is 336 g/mol. The van der Waals surface area contributed by atoms with Gasteiger partial charge < -0.3 is 9.88 Å². The Morgan fingerprint density at radius 1 is 1.08 bits per heavy atom. The zero-order valence-corrected chi connectivity index (χ0v) is 13.7. The van der Waals surface area contributed by atoms with Gasteiger partial charge in [-0.15, -0.1) is 0 Å². The molecule has 3 rings (SSSR count). The van der Waals surface area contributed by atoms with E-state index >= 15 is 0 Å². The fourth-order valence-electron chi connectivity index (χ4n) is 2.44. The second kappa shape index (κ2) is 7.13. The third kappa shape index (κ3) is 4.01. The van der Waals surface area contributed by atoms with Crippen molar-refractivity contribution in [3.05, 3.63) is 99.7 Å². The first kappa shape index (κ1) is 16.6. The van der Waals surface area contributed by atoms with E-state index in [0.29, 0.717) is 23.4 Å². The molecule has 5 heteroatoms. The Hall–Kier alpha value is -3.21. The van der Waals surface area contributed by atoms with Crippen molar-refractivity contribution in [1.82, 2.24) is 4.57 Å². The minimum absolute atomic E-state index is 0.193. The number of carbonyl (C=O) groups excluding carboxylic acids is 1. The first-order valence-electron chi connectivity index (χ1n) is 7.85. The van der Waals surface area contributed by atoms with Crippen molar-refractivity contribution in [2.24, 2.45) is 0 Å². The van der Waals surface area contributed by atoms with Crippen LogP contribution in [0.1, 0.15) is 21.5 Å². The number of hydrogen-bond acceptors (Lipinski definition) is 2. The lowest BCUT2D eigenvalue weighted by Crippen LogP contribution is -2.22. The number of amides is 1. The molecule has 126 valence electrons. The smallest absolute Gasteiger partial charge is 0.257 e. The predicted molar refractivity (Wildman–Crippen MR) is 95.3 cm³/mol. The van der Waals surface area contributed by atoms with Crippen LogP contribution in [0.5, 0.6) is 0 Å². The molecule has 1 N–H and O–H groups in total. The van der Waals surface area contributed by atoms with Gasteiger partial charge in [0.05, 0.1) is 12.1 Å². The predicted octanol–water partition coefficient (Wildman–Crippen LogP) is 3.60. The molecule has 0 atom stereocenters. The number of pyridine rings is 1. The van der Waals surface area contributed by atoms with Crippen LogP contribution in [0.25, 0.3) is 0 Å². The van der Waals surface area contributed by atoms with Crippen molar-refractivity contribution in [2.45, 2.75) is 13.5 Å². The summed E-state index contributed by atoms with van der Waals surface area (Å²) in [5.74, 6) is -0.781. The number of halogens is 1. The molecule has 0 bridgehead atoms. The molecule has 1 aromatic heterocycles. The Kier molecular flexibility index (Phi) is 4.75. The topological polar surface area (TPSA) is 51.1 Å². The second-order valence-corrected chi connectivity index (χ2v) is 5.79. The number of nitrogens with zero attached hydrogens (tertiary/aromatic N) is 1. The normalized spacial score (nSPS) is 10.5. The number of rotatable bonds is 4. The van der Waals surface area contributed by atoms with Crippen molar-refractivity contribution in [1.29, 1.82) is 0 Å². The van der Waals surface area contributed by atoms with Crippen LogP contribution in [0.2, 0.25) is 0 Å². The van der Waals surface area contributed by atoms with E-state index in [9.17, 15) is 14.0 Å². The molecule has 0 aliphatic heterocycles. The Morgan fingerprint density at radius 3 is 2.56 bits per heavy atom. The highest BCUT2D eigenvalue weighted by Crippen LogP contribution is 2.14. The van der Waals surface area contributed by atoms with Crippen LogP contribution in [0.4, 0.5) is 10.1 Å². The molecule has 0 aliphatic rings. The van der Waals surface area contributed by atoms with Crippen molar-refractivity contribution in [3.63, 3.8) is 0 Å². The van der Waals surface area contributed by atoms with Gasteiger partial charge in [-0.05, 0) is 36.2 Å². The number of carbonyl (C=O) groups is 1. The molecule has 25 heavy (non-hydrogen) atoms. The number of anilines is 1. The summed E-state index contributed by atoms with van der Waals surface area (Å²) in [6, 6.07) is 16.8. The fourth-order valence-corrected chi connectivity index (χ4v) is 2.44. The molecule has 1 heterocycles. The zero-order chi connectivity index (χ0) is 17.8. The van der Waals surface area contributed by atoms with Crippen LogP contribution in [-0.2, 0) is 6.54 Å². The van der Waals surface area contributed by atoms with Crippen LogP contribution in [0, 0.1) is 12.7 Å². The third-order valence-electron chi connectivity index (χ3n) is 3.87. The number of benzene rings is 2. The van der Waals surface area contributed by atoms with Gasteiger partial charge in [0.1, 0.15) is 5.82 Å². The van der Waals surface area contributed by atoms with Gasteiger partial charge in [-0.3, -0.25) is 9.59 Å². The molecule has 0 radical (unpaired) electrons. The van der Waals surface area contributed by atoms with Crippen LogP contribution in [0.3, 0.4) is 0 Å². The largest absolute Gasteiger partial charge is 0.322 e. The summed E-state index contributed by atoms with van der Waals surface area (Å²) in [7, 11) is 0. The highest BCUT2D eigenvalue weighted by Gasteiger charge is 2.09. The van der Waals surface area contributed by atoms with E-state index < -0.39 is 5.91 Å². The maximum atomic E-state index is 13.6. The average molecular weight is 336 g/mol. The van der Waals surface area contributed by atoms with Gasteiger partial charge >= 0.3 is 0 Å². The van der Waals surface area contributed by atoms with Gasteiger partial charge in [-0.25, -0.2) is 4.39 Å². The summed E-state index contributed by atoms with van der Waals surface area (Å²) in [4.78, 5) is 24.4. The standard InChI is InChI=1S/C20H17FN2O2/c1-14-7-9-17(11-18(14)21)22-20(25)16-8-10-19(24)23(13-16)12-15-5-3-2-4-6-15/h2-11,13H,12H2,1H3,(H,22,25). The van der Waals surface area contributed by atoms with Crippen molar-refractivity contribution < 1.29 is 9.18 Å². The Morgan fingerprint density at radius 2 is 1.84 bits per heavy atom. The molecule has 2 aromatic carbocycles. The highest BCUT2D eigenvalue weighted by atomic mass is 19.1. The molecule has 4 nitrogen and oxygen atoms in total. The molecular weight excluding hydrogens is 319 g/mol. The summed E-state index contributed by atoms with van der Waals surface area (Å²) < 4.78 is 15.1. The Balaban J connectivity index is 1.82. The highest BCUT2D eigenvalue weighted by molar-refractivity contribution is 6.04. The average Bonchev–Trinajstić information content (AvgIpc) is 2.61. The third-order valence-corrected chi connectivity index (χ3v) is 3.87. The lowest BCUT2D eigenvalue weighted by atomic mass is 10.2. The summed E-state index contributed by atoms with van der Waals surface area (Å²) >= 11 is 0. The maximum absolute atomic E-state index is 13.6. The fraction of sp³-hybridized carbons (Fsp3) is 0.100. The van der Waals surface area contributed by atoms with Gasteiger partial charge in [-0.2, -0.15) is 0 Å². The summed E-state index contributed by atoms with van der Waals surface area (Å²) in [5.41, 5.74) is 1.98. The number of aromatic nitrogens is 1. The Labute approximate surface area is 144 Å². The lowest BCUT2D eigenvalue weighted by molar-refractivity contribution is 0.102. The van der Waals surface area contributed by atoms with E-state index in [4.69, 9.17) is 0 Å². The van der Waals surface area contributed by atoms with Crippen molar-refractivity contribution in [2.75, 3.05) is 5.32 Å². The minimum Gasteiger partial charge on any atom is -0.322 e. The van der Waals surface area contributed by atoms with E-state index in [1.807, 2.05) is 30.3 Å². The molecule has 1 amide bonds. The SMILES string of the molecule is Cc1ccc(NC(=O)c2ccc(=O)n(Cc3ccccc3)c2)cc1F. The molecule has 0 unspecified atom stereocenters. The molecule has 0 spiro atoms. The second-order valence-electron chi connectivity index (χ2n) is 5.79. The number of hydrogen-bond donors (Lipinski definition) is 1. The molecule has 0 saturated carbocycles. The Bertz CT molecular complexity index is 965. The van der Waals surface area contributed by atoms with Crippen LogP contribution in [-0.4, -0.2) is 10.5 Å². The van der Waals surface area contributed by atoms with Crippen molar-refractivity contribution >= 4 is 11.6 Å². The number of nitrogens with one attached hydrogen (secondary N) is 1. The van der Waals surface area contributed by atoms with Crippen LogP contribution < -0.4 is 10.9 Å². The zero-order valence-electron chi connectivity index (χ0n) is 13.7. The van der Waals surface area contributed by atoms with Crippen molar-refractivity contribution in [3.8, 4) is 0 Å². The van der Waals surface area contributed by atoms with Crippen LogP contribution in [0.15, 0.2) is 71.7 Å². The molecule has 0 fully saturated rings. The van der Waals surface area contributed by atoms with Gasteiger partial charge in [0.15, 0.2) is 0 Å². The molecule has 0 aliphatic carbocycles. The first-order valence-corrected chi connectivity index (χ1v) is 7.85. The quantitative estimate of drug-likeness (QED) is 0.791. The van der Waals surface area contributed by atoms with E-state index in [2.05, 4.69) is 5.32 Å². The molecule has 0 saturated heterocycles. The molecule has 3 aromatic rings. The van der Waals surface area contributed by atoms with Gasteiger partial charge in [0.25, 0.3) is 11.5 Å². The maximum Gasteiger partial charge on any atom is 0.257 e.